The number of nitrogens with one attached hydrogen (secondary N) is 1. The summed E-state index contributed by atoms with van der Waals surface area (Å²) in [6, 6.07) is 14.4. The number of hydrogen-bond acceptors (Lipinski definition) is 7. The number of aromatic nitrogens is 2. The van der Waals surface area contributed by atoms with Gasteiger partial charge in [0.25, 0.3) is 5.91 Å². The van der Waals surface area contributed by atoms with Crippen molar-refractivity contribution in [1.29, 1.82) is 0 Å². The van der Waals surface area contributed by atoms with Crippen molar-refractivity contribution >= 4 is 5.91 Å². The Morgan fingerprint density at radius 3 is 2.64 bits per heavy atom. The number of amides is 1. The Morgan fingerprint density at radius 1 is 1.11 bits per heavy atom. The normalized spacial score (nSPS) is 11.5. The molecule has 8 heteroatoms. The average Bonchev–Trinajstić information content (AvgIpc) is 3.21. The molecule has 0 radical (unpaired) electrons. The molecule has 8 nitrogen and oxygen atoms in total. The lowest BCUT2D eigenvalue weighted by Gasteiger charge is -2.16. The summed E-state index contributed by atoms with van der Waals surface area (Å²) in [5.74, 6) is 2.14. The van der Waals surface area contributed by atoms with Crippen molar-refractivity contribution in [3.05, 3.63) is 54.4 Å². The summed E-state index contributed by atoms with van der Waals surface area (Å²) in [4.78, 5) is 16.6. The molecule has 0 saturated heterocycles. The number of benzene rings is 2. The van der Waals surface area contributed by atoms with Crippen molar-refractivity contribution in [2.75, 3.05) is 14.2 Å². The maximum Gasteiger partial charge on any atom is 0.261 e. The Kier molecular flexibility index (Phi) is 6.11. The molecule has 2 aromatic carbocycles. The maximum absolute atomic E-state index is 12.3. The molecular formula is C20H21N3O5. The summed E-state index contributed by atoms with van der Waals surface area (Å²) >= 11 is 0. The van der Waals surface area contributed by atoms with Crippen LogP contribution in [0.3, 0.4) is 0 Å². The van der Waals surface area contributed by atoms with E-state index in [2.05, 4.69) is 15.5 Å². The fourth-order valence-electron chi connectivity index (χ4n) is 2.47. The second kappa shape index (κ2) is 8.90. The van der Waals surface area contributed by atoms with Crippen molar-refractivity contribution in [3.63, 3.8) is 0 Å². The highest BCUT2D eigenvalue weighted by Gasteiger charge is 2.18. The number of para-hydroxylation sites is 2. The lowest BCUT2D eigenvalue weighted by molar-refractivity contribution is -0.127. The lowest BCUT2D eigenvalue weighted by Crippen LogP contribution is -2.36. The molecule has 0 aliphatic rings. The molecule has 3 aromatic rings. The van der Waals surface area contributed by atoms with Crippen molar-refractivity contribution in [3.8, 4) is 28.6 Å². The minimum Gasteiger partial charge on any atom is -0.497 e. The van der Waals surface area contributed by atoms with Gasteiger partial charge in [0.15, 0.2) is 17.6 Å². The van der Waals surface area contributed by atoms with Crippen LogP contribution in [-0.2, 0) is 11.3 Å². The second-order valence-corrected chi connectivity index (χ2v) is 5.87. The summed E-state index contributed by atoms with van der Waals surface area (Å²) in [7, 11) is 3.13. The highest BCUT2D eigenvalue weighted by molar-refractivity contribution is 5.80. The van der Waals surface area contributed by atoms with E-state index in [-0.39, 0.29) is 18.3 Å². The van der Waals surface area contributed by atoms with Gasteiger partial charge in [0.2, 0.25) is 11.7 Å². The van der Waals surface area contributed by atoms with Gasteiger partial charge in [-0.1, -0.05) is 29.4 Å². The molecule has 0 aliphatic heterocycles. The zero-order chi connectivity index (χ0) is 19.9. The van der Waals surface area contributed by atoms with Gasteiger partial charge in [0.05, 0.1) is 20.8 Å². The van der Waals surface area contributed by atoms with Gasteiger partial charge in [-0.05, 0) is 31.2 Å². The molecule has 1 amide bonds. The predicted octanol–water partition coefficient (Wildman–Crippen LogP) is 2.84. The molecule has 1 N–H and O–H groups in total. The lowest BCUT2D eigenvalue weighted by atomic mass is 10.2. The maximum atomic E-state index is 12.3. The SMILES string of the molecule is COc1cccc(-c2noc(CNC(=O)[C@H](C)Oc3ccccc3OC)n2)c1. The van der Waals surface area contributed by atoms with Crippen LogP contribution in [-0.4, -0.2) is 36.4 Å². The van der Waals surface area contributed by atoms with Crippen LogP contribution >= 0.6 is 0 Å². The van der Waals surface area contributed by atoms with E-state index in [1.165, 1.54) is 0 Å². The molecule has 0 bridgehead atoms. The van der Waals surface area contributed by atoms with Crippen molar-refractivity contribution in [1.82, 2.24) is 15.5 Å². The van der Waals surface area contributed by atoms with Gasteiger partial charge in [-0.15, -0.1) is 0 Å². The van der Waals surface area contributed by atoms with E-state index in [4.69, 9.17) is 18.7 Å². The second-order valence-electron chi connectivity index (χ2n) is 5.87. The first kappa shape index (κ1) is 19.2. The standard InChI is InChI=1S/C20H21N3O5/c1-13(27-17-10-5-4-9-16(17)26-3)20(24)21-12-18-22-19(23-28-18)14-7-6-8-15(11-14)25-2/h4-11,13H,12H2,1-3H3,(H,21,24)/t13-/m0/s1. The minimum atomic E-state index is -0.725. The first-order valence-corrected chi connectivity index (χ1v) is 8.65. The van der Waals surface area contributed by atoms with Gasteiger partial charge >= 0.3 is 0 Å². The molecule has 0 saturated carbocycles. The third kappa shape index (κ3) is 4.59. The van der Waals surface area contributed by atoms with E-state index in [1.54, 1.807) is 45.4 Å². The minimum absolute atomic E-state index is 0.0927. The van der Waals surface area contributed by atoms with Gasteiger partial charge in [0.1, 0.15) is 5.75 Å². The van der Waals surface area contributed by atoms with Crippen LogP contribution in [0.4, 0.5) is 0 Å². The Morgan fingerprint density at radius 2 is 1.89 bits per heavy atom. The number of ether oxygens (including phenoxy) is 3. The Labute approximate surface area is 162 Å². The van der Waals surface area contributed by atoms with Crippen LogP contribution < -0.4 is 19.5 Å². The Balaban J connectivity index is 1.58. The monoisotopic (exact) mass is 383 g/mol. The molecule has 1 heterocycles. The molecular weight excluding hydrogens is 362 g/mol. The highest BCUT2D eigenvalue weighted by Crippen LogP contribution is 2.26. The molecule has 28 heavy (non-hydrogen) atoms. The van der Waals surface area contributed by atoms with Gasteiger partial charge in [-0.3, -0.25) is 4.79 Å². The number of rotatable bonds is 8. The van der Waals surface area contributed by atoms with Gasteiger partial charge in [-0.25, -0.2) is 0 Å². The highest BCUT2D eigenvalue weighted by atomic mass is 16.5. The Bertz CT molecular complexity index is 941. The first-order chi connectivity index (χ1) is 13.6. The molecule has 146 valence electrons. The molecule has 3 rings (SSSR count). The summed E-state index contributed by atoms with van der Waals surface area (Å²) in [6.07, 6.45) is -0.725. The van der Waals surface area contributed by atoms with E-state index < -0.39 is 6.10 Å². The molecule has 0 unspecified atom stereocenters. The molecule has 0 fully saturated rings. The largest absolute Gasteiger partial charge is 0.497 e. The van der Waals surface area contributed by atoms with Gasteiger partial charge in [0, 0.05) is 5.56 Å². The Hall–Kier alpha value is -3.55. The number of carbonyl (C=O) groups excluding carboxylic acids is 1. The molecule has 1 atom stereocenters. The third-order valence-corrected chi connectivity index (χ3v) is 3.95. The van der Waals surface area contributed by atoms with E-state index in [9.17, 15) is 4.79 Å². The quantitative estimate of drug-likeness (QED) is 0.639. The van der Waals surface area contributed by atoms with Crippen LogP contribution in [0, 0.1) is 0 Å². The summed E-state index contributed by atoms with van der Waals surface area (Å²) in [5, 5.41) is 6.65. The van der Waals surface area contributed by atoms with Crippen molar-refractivity contribution < 1.29 is 23.5 Å². The number of nitrogens with zero attached hydrogens (tertiary/aromatic N) is 2. The average molecular weight is 383 g/mol. The van der Waals surface area contributed by atoms with E-state index in [0.29, 0.717) is 23.1 Å². The number of hydrogen-bond donors (Lipinski definition) is 1. The zero-order valence-electron chi connectivity index (χ0n) is 15.8. The van der Waals surface area contributed by atoms with Crippen LogP contribution in [0.2, 0.25) is 0 Å². The fraction of sp³-hybridized carbons (Fsp3) is 0.250. The summed E-state index contributed by atoms with van der Waals surface area (Å²) in [5.41, 5.74) is 0.758. The van der Waals surface area contributed by atoms with E-state index >= 15 is 0 Å². The van der Waals surface area contributed by atoms with Gasteiger partial charge < -0.3 is 24.1 Å². The molecule has 1 aromatic heterocycles. The van der Waals surface area contributed by atoms with Crippen LogP contribution in [0.15, 0.2) is 53.1 Å². The first-order valence-electron chi connectivity index (χ1n) is 8.65. The van der Waals surface area contributed by atoms with Crippen molar-refractivity contribution in [2.45, 2.75) is 19.6 Å². The summed E-state index contributed by atoms with van der Waals surface area (Å²) in [6.45, 7) is 1.74. The zero-order valence-corrected chi connectivity index (χ0v) is 15.8. The predicted molar refractivity (Wildman–Crippen MR) is 101 cm³/mol. The molecule has 0 spiro atoms. The number of carbonyl (C=O) groups is 1. The van der Waals surface area contributed by atoms with Gasteiger partial charge in [-0.2, -0.15) is 4.98 Å². The van der Waals surface area contributed by atoms with Crippen LogP contribution in [0.1, 0.15) is 12.8 Å². The number of methoxy groups -OCH3 is 2. The fourth-order valence-corrected chi connectivity index (χ4v) is 2.47. The van der Waals surface area contributed by atoms with Crippen LogP contribution in [0.25, 0.3) is 11.4 Å². The van der Waals surface area contributed by atoms with Crippen LogP contribution in [0.5, 0.6) is 17.2 Å². The van der Waals surface area contributed by atoms with Crippen molar-refractivity contribution in [2.24, 2.45) is 0 Å². The van der Waals surface area contributed by atoms with E-state index in [1.807, 2.05) is 24.3 Å². The topological polar surface area (TPSA) is 95.7 Å². The smallest absolute Gasteiger partial charge is 0.261 e. The third-order valence-electron chi connectivity index (χ3n) is 3.95. The summed E-state index contributed by atoms with van der Waals surface area (Å²) < 4.78 is 21.3. The van der Waals surface area contributed by atoms with E-state index in [0.717, 1.165) is 5.56 Å². The molecule has 0 aliphatic carbocycles.